The maximum absolute atomic E-state index is 11.5. The highest BCUT2D eigenvalue weighted by Gasteiger charge is 2.28. The molecule has 3 nitrogen and oxygen atoms in total. The lowest BCUT2D eigenvalue weighted by atomic mass is 9.78. The highest BCUT2D eigenvalue weighted by molar-refractivity contribution is 14.1. The summed E-state index contributed by atoms with van der Waals surface area (Å²) >= 11 is 2.36. The number of esters is 1. The largest absolute Gasteiger partial charge is 0.469 e. The molecule has 4 heteroatoms. The number of pyridine rings is 1. The van der Waals surface area contributed by atoms with Gasteiger partial charge in [-0.15, -0.1) is 0 Å². The zero-order valence-corrected chi connectivity index (χ0v) is 12.7. The van der Waals surface area contributed by atoms with Gasteiger partial charge in [0.15, 0.2) is 0 Å². The van der Waals surface area contributed by atoms with Crippen LogP contribution in [0.1, 0.15) is 42.9 Å². The number of alkyl halides is 1. The second-order valence-electron chi connectivity index (χ2n) is 4.74. The number of carbonyl (C=O) groups excluding carboxylic acids is 1. The lowest BCUT2D eigenvalue weighted by Gasteiger charge is -2.28. The summed E-state index contributed by atoms with van der Waals surface area (Å²) in [5, 5.41) is 0. The van der Waals surface area contributed by atoms with Gasteiger partial charge in [-0.2, -0.15) is 0 Å². The topological polar surface area (TPSA) is 39.2 Å². The van der Waals surface area contributed by atoms with Gasteiger partial charge in [0.2, 0.25) is 0 Å². The van der Waals surface area contributed by atoms with Crippen molar-refractivity contribution in [1.82, 2.24) is 4.98 Å². The molecule has 2 rings (SSSR count). The molecule has 0 unspecified atom stereocenters. The smallest absolute Gasteiger partial charge is 0.308 e. The lowest BCUT2D eigenvalue weighted by molar-refractivity contribution is -0.146. The fourth-order valence-corrected chi connectivity index (χ4v) is 3.38. The predicted molar refractivity (Wildman–Crippen MR) is 78.7 cm³/mol. The molecule has 0 amide bonds. The second kappa shape index (κ2) is 6.50. The predicted octanol–water partition coefficient (Wildman–Crippen LogP) is 3.46. The van der Waals surface area contributed by atoms with Crippen molar-refractivity contribution < 1.29 is 9.53 Å². The van der Waals surface area contributed by atoms with E-state index >= 15 is 0 Å². The molecule has 0 bridgehead atoms. The van der Waals surface area contributed by atoms with E-state index in [0.717, 1.165) is 30.1 Å². The molecule has 1 aromatic heterocycles. The molecule has 0 radical (unpaired) electrons. The van der Waals surface area contributed by atoms with Gasteiger partial charge in [0.05, 0.1) is 18.7 Å². The number of carbonyl (C=O) groups is 1. The Bertz CT molecular complexity index is 414. The molecular weight excluding hydrogens is 341 g/mol. The van der Waals surface area contributed by atoms with Gasteiger partial charge in [-0.1, -0.05) is 28.7 Å². The number of rotatable bonds is 3. The minimum atomic E-state index is -0.0475. The highest BCUT2D eigenvalue weighted by Crippen LogP contribution is 2.37. The number of hydrogen-bond donors (Lipinski definition) is 0. The van der Waals surface area contributed by atoms with E-state index in [-0.39, 0.29) is 11.9 Å². The quantitative estimate of drug-likeness (QED) is 0.471. The Morgan fingerprint density at radius 1 is 1.44 bits per heavy atom. The van der Waals surface area contributed by atoms with Crippen LogP contribution in [0.25, 0.3) is 0 Å². The fraction of sp³-hybridized carbons (Fsp3) is 0.571. The van der Waals surface area contributed by atoms with Crippen LogP contribution in [-0.4, -0.2) is 18.1 Å². The molecule has 1 saturated carbocycles. The summed E-state index contributed by atoms with van der Waals surface area (Å²) in [6, 6.07) is 4.20. The summed E-state index contributed by atoms with van der Waals surface area (Å²) in [6.45, 7) is 0. The van der Waals surface area contributed by atoms with Crippen molar-refractivity contribution in [3.63, 3.8) is 0 Å². The maximum atomic E-state index is 11.5. The molecule has 0 aromatic carbocycles. The van der Waals surface area contributed by atoms with Gasteiger partial charge in [0.1, 0.15) is 0 Å². The van der Waals surface area contributed by atoms with E-state index in [0.29, 0.717) is 5.92 Å². The third kappa shape index (κ3) is 3.02. The second-order valence-corrected chi connectivity index (χ2v) is 5.51. The average Bonchev–Trinajstić information content (AvgIpc) is 2.46. The first-order chi connectivity index (χ1) is 8.76. The van der Waals surface area contributed by atoms with Crippen LogP contribution in [0.15, 0.2) is 18.3 Å². The molecule has 1 aromatic rings. The standard InChI is InChI=1S/C14H18INO2/c1-18-14(17)11-6-4-10(5-7-11)12-3-2-8-16-13(12)9-15/h2-3,8,10-11H,4-7,9H2,1H3. The molecule has 18 heavy (non-hydrogen) atoms. The maximum Gasteiger partial charge on any atom is 0.308 e. The molecule has 0 aliphatic heterocycles. The molecule has 1 aliphatic carbocycles. The van der Waals surface area contributed by atoms with Crippen molar-refractivity contribution in [3.8, 4) is 0 Å². The van der Waals surface area contributed by atoms with Gasteiger partial charge in [0.25, 0.3) is 0 Å². The zero-order valence-electron chi connectivity index (χ0n) is 10.6. The number of aromatic nitrogens is 1. The third-order valence-corrected chi connectivity index (χ3v) is 4.48. The van der Waals surface area contributed by atoms with Crippen molar-refractivity contribution in [2.24, 2.45) is 5.92 Å². The van der Waals surface area contributed by atoms with E-state index in [2.05, 4.69) is 33.6 Å². The number of halogens is 1. The number of nitrogens with zero attached hydrogens (tertiary/aromatic N) is 1. The number of ether oxygens (including phenoxy) is 1. The summed E-state index contributed by atoms with van der Waals surface area (Å²) in [5.74, 6) is 0.615. The summed E-state index contributed by atoms with van der Waals surface area (Å²) < 4.78 is 5.77. The van der Waals surface area contributed by atoms with Gasteiger partial charge in [0, 0.05) is 10.6 Å². The first kappa shape index (κ1) is 13.8. The molecule has 1 fully saturated rings. The lowest BCUT2D eigenvalue weighted by Crippen LogP contribution is -2.22. The van der Waals surface area contributed by atoms with Crippen molar-refractivity contribution >= 4 is 28.6 Å². The normalized spacial score (nSPS) is 23.7. The highest BCUT2D eigenvalue weighted by atomic mass is 127. The molecule has 0 N–H and O–H groups in total. The van der Waals surface area contributed by atoms with Crippen molar-refractivity contribution in [2.75, 3.05) is 7.11 Å². The van der Waals surface area contributed by atoms with Gasteiger partial charge < -0.3 is 4.74 Å². The zero-order chi connectivity index (χ0) is 13.0. The number of hydrogen-bond acceptors (Lipinski definition) is 3. The van der Waals surface area contributed by atoms with Crippen LogP contribution < -0.4 is 0 Å². The molecule has 0 atom stereocenters. The van der Waals surface area contributed by atoms with Gasteiger partial charge in [-0.3, -0.25) is 9.78 Å². The minimum Gasteiger partial charge on any atom is -0.469 e. The molecule has 1 heterocycles. The van der Waals surface area contributed by atoms with Crippen molar-refractivity contribution in [3.05, 3.63) is 29.6 Å². The Morgan fingerprint density at radius 2 is 2.17 bits per heavy atom. The first-order valence-corrected chi connectivity index (χ1v) is 7.86. The average molecular weight is 359 g/mol. The van der Waals surface area contributed by atoms with Crippen LogP contribution in [-0.2, 0) is 14.0 Å². The van der Waals surface area contributed by atoms with Crippen LogP contribution >= 0.6 is 22.6 Å². The summed E-state index contributed by atoms with van der Waals surface area (Å²) in [5.41, 5.74) is 2.56. The van der Waals surface area contributed by atoms with Crippen molar-refractivity contribution in [1.29, 1.82) is 0 Å². The summed E-state index contributed by atoms with van der Waals surface area (Å²) in [7, 11) is 1.48. The van der Waals surface area contributed by atoms with E-state index in [1.165, 1.54) is 18.4 Å². The Kier molecular flexibility index (Phi) is 4.97. The molecule has 1 aliphatic rings. The monoisotopic (exact) mass is 359 g/mol. The van der Waals surface area contributed by atoms with Crippen molar-refractivity contribution in [2.45, 2.75) is 36.0 Å². The van der Waals surface area contributed by atoms with Crippen LogP contribution in [0.2, 0.25) is 0 Å². The van der Waals surface area contributed by atoms with Gasteiger partial charge >= 0.3 is 5.97 Å². The summed E-state index contributed by atoms with van der Waals surface area (Å²) in [4.78, 5) is 15.9. The molecule has 0 spiro atoms. The Balaban J connectivity index is 2.03. The summed E-state index contributed by atoms with van der Waals surface area (Å²) in [6.07, 6.45) is 5.86. The molecule has 98 valence electrons. The van der Waals surface area contributed by atoms with Gasteiger partial charge in [-0.25, -0.2) is 0 Å². The number of methoxy groups -OCH3 is 1. The molecular formula is C14H18INO2. The first-order valence-electron chi connectivity index (χ1n) is 6.33. The Morgan fingerprint density at radius 3 is 2.78 bits per heavy atom. The van der Waals surface area contributed by atoms with E-state index in [1.54, 1.807) is 0 Å². The Labute approximate surface area is 121 Å². The minimum absolute atomic E-state index is 0.0475. The molecule has 0 saturated heterocycles. The van der Waals surface area contributed by atoms with E-state index in [1.807, 2.05) is 12.3 Å². The third-order valence-electron chi connectivity index (χ3n) is 3.75. The fourth-order valence-electron chi connectivity index (χ4n) is 2.74. The van der Waals surface area contributed by atoms with Crippen LogP contribution in [0, 0.1) is 5.92 Å². The van der Waals surface area contributed by atoms with E-state index < -0.39 is 0 Å². The van der Waals surface area contributed by atoms with E-state index in [4.69, 9.17) is 4.74 Å². The van der Waals surface area contributed by atoms with Gasteiger partial charge in [-0.05, 0) is 43.2 Å². The SMILES string of the molecule is COC(=O)C1CCC(c2cccnc2CI)CC1. The van der Waals surface area contributed by atoms with Crippen LogP contribution in [0.3, 0.4) is 0 Å². The van der Waals surface area contributed by atoms with Crippen LogP contribution in [0.5, 0.6) is 0 Å². The van der Waals surface area contributed by atoms with Crippen LogP contribution in [0.4, 0.5) is 0 Å². The Hall–Kier alpha value is -0.650. The van der Waals surface area contributed by atoms with E-state index in [9.17, 15) is 4.79 Å².